The summed E-state index contributed by atoms with van der Waals surface area (Å²) in [6.07, 6.45) is 2.92. The first-order valence-corrected chi connectivity index (χ1v) is 8.16. The number of carboxylic acids is 1. The van der Waals surface area contributed by atoms with Gasteiger partial charge in [-0.1, -0.05) is 18.2 Å². The number of amides is 1. The van der Waals surface area contributed by atoms with E-state index < -0.39 is 11.9 Å². The Morgan fingerprint density at radius 3 is 2.56 bits per heavy atom. The van der Waals surface area contributed by atoms with Gasteiger partial charge in [-0.2, -0.15) is 0 Å². The molecule has 2 aromatic carbocycles. The maximum atomic E-state index is 12.1. The van der Waals surface area contributed by atoms with Crippen molar-refractivity contribution in [3.8, 4) is 11.5 Å². The fourth-order valence-electron chi connectivity index (χ4n) is 2.27. The third-order valence-electron chi connectivity index (χ3n) is 3.58. The third-order valence-corrected chi connectivity index (χ3v) is 3.58. The highest BCUT2D eigenvalue weighted by molar-refractivity contribution is 6.06. The van der Waals surface area contributed by atoms with Gasteiger partial charge in [0.25, 0.3) is 0 Å². The van der Waals surface area contributed by atoms with Crippen LogP contribution in [0.15, 0.2) is 48.5 Å². The van der Waals surface area contributed by atoms with E-state index in [9.17, 15) is 9.59 Å². The van der Waals surface area contributed by atoms with Gasteiger partial charge in [0.1, 0.15) is 6.61 Å². The summed E-state index contributed by atoms with van der Waals surface area (Å²) in [5, 5.41) is 11.7. The van der Waals surface area contributed by atoms with E-state index >= 15 is 0 Å². The van der Waals surface area contributed by atoms with E-state index in [4.69, 9.17) is 19.3 Å². The molecule has 0 aromatic heterocycles. The van der Waals surface area contributed by atoms with Crippen LogP contribution < -0.4 is 14.8 Å². The molecule has 0 aliphatic carbocycles. The number of ether oxygens (including phenoxy) is 3. The Balaban J connectivity index is 2.09. The average molecular weight is 371 g/mol. The van der Waals surface area contributed by atoms with Gasteiger partial charge in [-0.3, -0.25) is 4.79 Å². The topological polar surface area (TPSA) is 94.1 Å². The molecule has 2 N–H and O–H groups in total. The van der Waals surface area contributed by atoms with Gasteiger partial charge in [0.2, 0.25) is 5.91 Å². The molecule has 2 aromatic rings. The van der Waals surface area contributed by atoms with Crippen molar-refractivity contribution in [2.45, 2.75) is 0 Å². The summed E-state index contributed by atoms with van der Waals surface area (Å²) < 4.78 is 15.8. The number of rotatable bonds is 9. The molecule has 0 saturated heterocycles. The molecule has 0 saturated carbocycles. The van der Waals surface area contributed by atoms with Crippen molar-refractivity contribution in [3.63, 3.8) is 0 Å². The first-order valence-electron chi connectivity index (χ1n) is 8.16. The fraction of sp³-hybridized carbons (Fsp3) is 0.200. The van der Waals surface area contributed by atoms with Crippen LogP contribution in [0.3, 0.4) is 0 Å². The molecule has 0 aliphatic rings. The van der Waals surface area contributed by atoms with Gasteiger partial charge in [-0.15, -0.1) is 0 Å². The number of carboxylic acid groups (broad SMARTS) is 1. The number of carbonyl (C=O) groups excluding carboxylic acids is 1. The molecular weight excluding hydrogens is 350 g/mol. The van der Waals surface area contributed by atoms with Crippen molar-refractivity contribution in [1.29, 1.82) is 0 Å². The van der Waals surface area contributed by atoms with E-state index in [1.807, 2.05) is 0 Å². The Bertz CT molecular complexity index is 831. The second-order valence-corrected chi connectivity index (χ2v) is 5.42. The van der Waals surface area contributed by atoms with Crippen LogP contribution in [0.25, 0.3) is 6.08 Å². The minimum Gasteiger partial charge on any atom is -0.493 e. The number of nitrogens with one attached hydrogen (secondary N) is 1. The Morgan fingerprint density at radius 2 is 1.85 bits per heavy atom. The summed E-state index contributed by atoms with van der Waals surface area (Å²) in [5.41, 5.74) is 0.986. The number of hydrogen-bond donors (Lipinski definition) is 2. The molecule has 7 heteroatoms. The summed E-state index contributed by atoms with van der Waals surface area (Å²) in [4.78, 5) is 23.3. The number of carbonyl (C=O) groups is 2. The highest BCUT2D eigenvalue weighted by atomic mass is 16.5. The zero-order valence-electron chi connectivity index (χ0n) is 15.1. The van der Waals surface area contributed by atoms with Crippen LogP contribution in [0.2, 0.25) is 0 Å². The second-order valence-electron chi connectivity index (χ2n) is 5.42. The van der Waals surface area contributed by atoms with E-state index in [1.54, 1.807) is 50.6 Å². The minimum atomic E-state index is -1.11. The molecule has 0 bridgehead atoms. The lowest BCUT2D eigenvalue weighted by molar-refractivity contribution is -0.111. The maximum absolute atomic E-state index is 12.1. The molecule has 0 aliphatic heterocycles. The number of hydrogen-bond acceptors (Lipinski definition) is 5. The fourth-order valence-corrected chi connectivity index (χ4v) is 2.27. The van der Waals surface area contributed by atoms with Crippen LogP contribution >= 0.6 is 0 Å². The molecule has 0 fully saturated rings. The molecule has 0 radical (unpaired) electrons. The van der Waals surface area contributed by atoms with E-state index in [0.717, 1.165) is 5.56 Å². The van der Waals surface area contributed by atoms with Crippen LogP contribution in [-0.4, -0.2) is 44.4 Å². The van der Waals surface area contributed by atoms with Crippen LogP contribution in [0.4, 0.5) is 5.69 Å². The summed E-state index contributed by atoms with van der Waals surface area (Å²) in [7, 11) is 3.13. The van der Waals surface area contributed by atoms with E-state index in [0.29, 0.717) is 24.7 Å². The van der Waals surface area contributed by atoms with Crippen LogP contribution in [-0.2, 0) is 9.53 Å². The monoisotopic (exact) mass is 371 g/mol. The van der Waals surface area contributed by atoms with E-state index in [1.165, 1.54) is 18.2 Å². The Kier molecular flexibility index (Phi) is 7.39. The van der Waals surface area contributed by atoms with Gasteiger partial charge in [0.05, 0.1) is 25.0 Å². The first-order chi connectivity index (χ1) is 13.0. The molecule has 0 atom stereocenters. The normalized spacial score (nSPS) is 10.6. The summed E-state index contributed by atoms with van der Waals surface area (Å²) in [6, 6.07) is 11.5. The molecule has 2 rings (SSSR count). The standard InChI is InChI=1S/C20H21NO6/c1-25-11-12-27-18-13-14(7-9-17(18)26-2)8-10-19(22)21-16-6-4-3-5-15(16)20(23)24/h3-10,13H,11-12H2,1-2H3,(H,21,22)(H,23,24). The molecule has 0 heterocycles. The molecule has 0 spiro atoms. The largest absolute Gasteiger partial charge is 0.493 e. The molecule has 142 valence electrons. The highest BCUT2D eigenvalue weighted by Crippen LogP contribution is 2.28. The summed E-state index contributed by atoms with van der Waals surface area (Å²) in [5.74, 6) is -0.444. The number of aromatic carboxylic acids is 1. The zero-order valence-corrected chi connectivity index (χ0v) is 15.1. The average Bonchev–Trinajstić information content (AvgIpc) is 2.67. The van der Waals surface area contributed by atoms with Gasteiger partial charge in [0.15, 0.2) is 11.5 Å². The van der Waals surface area contributed by atoms with Crippen molar-refractivity contribution in [3.05, 3.63) is 59.7 Å². The zero-order chi connectivity index (χ0) is 19.6. The maximum Gasteiger partial charge on any atom is 0.337 e. The third kappa shape index (κ3) is 5.86. The lowest BCUT2D eigenvalue weighted by Crippen LogP contribution is -2.11. The van der Waals surface area contributed by atoms with Crippen molar-refractivity contribution < 1.29 is 28.9 Å². The number of para-hydroxylation sites is 1. The second kappa shape index (κ2) is 9.98. The Morgan fingerprint density at radius 1 is 1.07 bits per heavy atom. The van der Waals surface area contributed by atoms with Gasteiger partial charge in [-0.25, -0.2) is 4.79 Å². The lowest BCUT2D eigenvalue weighted by Gasteiger charge is -2.11. The van der Waals surface area contributed by atoms with Crippen molar-refractivity contribution in [1.82, 2.24) is 0 Å². The summed E-state index contributed by atoms with van der Waals surface area (Å²) >= 11 is 0. The van der Waals surface area contributed by atoms with Crippen molar-refractivity contribution >= 4 is 23.6 Å². The highest BCUT2D eigenvalue weighted by Gasteiger charge is 2.10. The van der Waals surface area contributed by atoms with Crippen molar-refractivity contribution in [2.24, 2.45) is 0 Å². The van der Waals surface area contributed by atoms with E-state index in [-0.39, 0.29) is 11.3 Å². The molecular formula is C20H21NO6. The SMILES string of the molecule is COCCOc1cc(C=CC(=O)Nc2ccccc2C(=O)O)ccc1OC. The van der Waals surface area contributed by atoms with Crippen LogP contribution in [0, 0.1) is 0 Å². The number of benzene rings is 2. The lowest BCUT2D eigenvalue weighted by atomic mass is 10.1. The predicted molar refractivity (Wildman–Crippen MR) is 101 cm³/mol. The van der Waals surface area contributed by atoms with E-state index in [2.05, 4.69) is 5.32 Å². The number of anilines is 1. The van der Waals surface area contributed by atoms with Crippen LogP contribution in [0.1, 0.15) is 15.9 Å². The van der Waals surface area contributed by atoms with Gasteiger partial charge in [-0.05, 0) is 35.9 Å². The predicted octanol–water partition coefficient (Wildman–Crippen LogP) is 3.07. The molecule has 27 heavy (non-hydrogen) atoms. The first kappa shape index (κ1) is 20.0. The molecule has 1 amide bonds. The molecule has 0 unspecified atom stereocenters. The minimum absolute atomic E-state index is 0.0255. The van der Waals surface area contributed by atoms with Gasteiger partial charge < -0.3 is 24.6 Å². The van der Waals surface area contributed by atoms with Gasteiger partial charge in [0, 0.05) is 13.2 Å². The Labute approximate surface area is 157 Å². The molecule has 7 nitrogen and oxygen atoms in total. The van der Waals surface area contributed by atoms with Gasteiger partial charge >= 0.3 is 5.97 Å². The Hall–Kier alpha value is -3.32. The quantitative estimate of drug-likeness (QED) is 0.520. The smallest absolute Gasteiger partial charge is 0.337 e. The summed E-state index contributed by atoms with van der Waals surface area (Å²) in [6.45, 7) is 0.807. The number of methoxy groups -OCH3 is 2. The van der Waals surface area contributed by atoms with Crippen molar-refractivity contribution in [2.75, 3.05) is 32.8 Å². The van der Waals surface area contributed by atoms with Crippen LogP contribution in [0.5, 0.6) is 11.5 Å².